The van der Waals surface area contributed by atoms with E-state index >= 15 is 0 Å². The topological polar surface area (TPSA) is 55.6 Å². The number of halogens is 3. The van der Waals surface area contributed by atoms with Crippen LogP contribution in [0, 0.1) is 0 Å². The van der Waals surface area contributed by atoms with Crippen LogP contribution in [-0.2, 0) is 9.53 Å². The number of nitrogens with zero attached hydrogens (tertiary/aromatic N) is 1. The molecule has 2 aromatic carbocycles. The summed E-state index contributed by atoms with van der Waals surface area (Å²) in [6.07, 6.45) is 1.02. The maximum absolute atomic E-state index is 13.0. The molecule has 1 aliphatic heterocycles. The predicted octanol–water partition coefficient (Wildman–Crippen LogP) is 4.47. The summed E-state index contributed by atoms with van der Waals surface area (Å²) < 4.78 is 5.80. The number of carbonyl (C=O) groups excluding carboxylic acids is 1. The van der Waals surface area contributed by atoms with Gasteiger partial charge in [0, 0.05) is 23.6 Å². The van der Waals surface area contributed by atoms with E-state index < -0.39 is 6.10 Å². The third kappa shape index (κ3) is 5.15. The van der Waals surface area contributed by atoms with Crippen LogP contribution in [0.25, 0.3) is 0 Å². The Morgan fingerprint density at radius 2 is 1.56 bits per heavy atom. The number of hydrogen-bond donors (Lipinski definition) is 1. The predicted molar refractivity (Wildman–Crippen MR) is 112 cm³/mol. The zero-order valence-electron chi connectivity index (χ0n) is 15.0. The molecule has 0 aliphatic carbocycles. The van der Waals surface area contributed by atoms with Gasteiger partial charge in [-0.15, -0.1) is 12.4 Å². The number of nitrogens with two attached hydrogens (primary N) is 1. The Bertz CT molecular complexity index is 707. The minimum Gasteiger partial charge on any atom is -0.364 e. The summed E-state index contributed by atoms with van der Waals surface area (Å²) >= 11 is 12.1. The van der Waals surface area contributed by atoms with Crippen molar-refractivity contribution in [2.75, 3.05) is 13.6 Å². The molecule has 1 amide bonds. The first kappa shape index (κ1) is 22.0. The first-order chi connectivity index (χ1) is 12.5. The molecule has 1 fully saturated rings. The van der Waals surface area contributed by atoms with Crippen LogP contribution in [0.4, 0.5) is 0 Å². The summed E-state index contributed by atoms with van der Waals surface area (Å²) in [6.45, 7) is 0.436. The Morgan fingerprint density at radius 3 is 1.96 bits per heavy atom. The van der Waals surface area contributed by atoms with Crippen LogP contribution in [0.2, 0.25) is 10.0 Å². The van der Waals surface area contributed by atoms with Crippen LogP contribution in [0.15, 0.2) is 48.5 Å². The van der Waals surface area contributed by atoms with E-state index in [9.17, 15) is 4.79 Å². The number of likely N-dealkylation sites (N-methyl/N-ethyl adjacent to an activating group) is 1. The number of amides is 1. The molecule has 0 spiro atoms. The van der Waals surface area contributed by atoms with Gasteiger partial charge in [-0.25, -0.2) is 0 Å². The van der Waals surface area contributed by atoms with Crippen LogP contribution in [0.1, 0.15) is 30.0 Å². The summed E-state index contributed by atoms with van der Waals surface area (Å²) in [5, 5.41) is 1.31. The van der Waals surface area contributed by atoms with Crippen molar-refractivity contribution in [3.05, 3.63) is 69.7 Å². The summed E-state index contributed by atoms with van der Waals surface area (Å²) in [5.74, 6) is -0.0455. The fourth-order valence-corrected chi connectivity index (χ4v) is 3.60. The van der Waals surface area contributed by atoms with Crippen molar-refractivity contribution in [3.63, 3.8) is 0 Å². The lowest BCUT2D eigenvalue weighted by Crippen LogP contribution is -2.39. The number of carbonyl (C=O) groups is 1. The lowest BCUT2D eigenvalue weighted by Gasteiger charge is -2.31. The van der Waals surface area contributed by atoms with Crippen LogP contribution in [-0.4, -0.2) is 36.6 Å². The van der Waals surface area contributed by atoms with Crippen molar-refractivity contribution >= 4 is 41.5 Å². The Balaban J connectivity index is 0.00000261. The molecule has 0 saturated carbocycles. The molecule has 0 radical (unpaired) electrons. The Morgan fingerprint density at radius 1 is 1.07 bits per heavy atom. The third-order valence-corrected chi connectivity index (χ3v) is 5.26. The highest BCUT2D eigenvalue weighted by atomic mass is 35.5. The number of benzene rings is 2. The molecule has 146 valence electrons. The van der Waals surface area contributed by atoms with E-state index in [-0.39, 0.29) is 30.5 Å². The standard InChI is InChI=1S/C20H22Cl2N2O2.ClH/c1-24(20(25)18-11-10-17(12-23)26-18)19(13-2-6-15(21)7-3-13)14-4-8-16(22)9-5-14;/h2-9,17-19H,10-12,23H2,1H3;1H/t17-,18+;/m1./s1. The van der Waals surface area contributed by atoms with Gasteiger partial charge in [-0.1, -0.05) is 47.5 Å². The van der Waals surface area contributed by atoms with Crippen molar-refractivity contribution < 1.29 is 9.53 Å². The van der Waals surface area contributed by atoms with Gasteiger partial charge in [-0.3, -0.25) is 4.79 Å². The lowest BCUT2D eigenvalue weighted by molar-refractivity contribution is -0.143. The monoisotopic (exact) mass is 428 g/mol. The Hall–Kier alpha value is -1.30. The number of ether oxygens (including phenoxy) is 1. The molecular weight excluding hydrogens is 407 g/mol. The zero-order chi connectivity index (χ0) is 18.7. The average molecular weight is 430 g/mol. The van der Waals surface area contributed by atoms with Crippen molar-refractivity contribution in [1.82, 2.24) is 4.90 Å². The minimum absolute atomic E-state index is 0. The van der Waals surface area contributed by atoms with Crippen molar-refractivity contribution in [2.24, 2.45) is 5.73 Å². The fraction of sp³-hybridized carbons (Fsp3) is 0.350. The van der Waals surface area contributed by atoms with Crippen molar-refractivity contribution in [3.8, 4) is 0 Å². The molecule has 2 aromatic rings. The molecule has 1 aliphatic rings. The molecule has 0 unspecified atom stereocenters. The van der Waals surface area contributed by atoms with Gasteiger partial charge < -0.3 is 15.4 Å². The van der Waals surface area contributed by atoms with Crippen molar-refractivity contribution in [1.29, 1.82) is 0 Å². The fourth-order valence-electron chi connectivity index (χ4n) is 3.34. The van der Waals surface area contributed by atoms with Crippen LogP contribution in [0.3, 0.4) is 0 Å². The molecule has 2 atom stereocenters. The Kier molecular flexibility index (Phi) is 7.95. The van der Waals surface area contributed by atoms with Gasteiger partial charge in [0.05, 0.1) is 12.1 Å². The van der Waals surface area contributed by atoms with E-state index in [1.807, 2.05) is 48.5 Å². The molecule has 1 saturated heterocycles. The van der Waals surface area contributed by atoms with E-state index in [0.29, 0.717) is 23.0 Å². The van der Waals surface area contributed by atoms with Crippen LogP contribution >= 0.6 is 35.6 Å². The highest BCUT2D eigenvalue weighted by Gasteiger charge is 2.34. The van der Waals surface area contributed by atoms with Gasteiger partial charge in [0.2, 0.25) is 0 Å². The second kappa shape index (κ2) is 9.76. The molecule has 0 aromatic heterocycles. The van der Waals surface area contributed by atoms with Gasteiger partial charge in [-0.05, 0) is 48.2 Å². The molecule has 2 N–H and O–H groups in total. The van der Waals surface area contributed by atoms with E-state index in [4.69, 9.17) is 33.7 Å². The van der Waals surface area contributed by atoms with Gasteiger partial charge >= 0.3 is 0 Å². The van der Waals surface area contributed by atoms with Crippen LogP contribution in [0.5, 0.6) is 0 Å². The summed E-state index contributed by atoms with van der Waals surface area (Å²) in [6, 6.07) is 14.8. The smallest absolute Gasteiger partial charge is 0.252 e. The van der Waals surface area contributed by atoms with Crippen molar-refractivity contribution in [2.45, 2.75) is 31.1 Å². The zero-order valence-corrected chi connectivity index (χ0v) is 17.3. The molecule has 7 heteroatoms. The SMILES string of the molecule is CN(C(=O)[C@@H]1CC[C@H](CN)O1)C(c1ccc(Cl)cc1)c1ccc(Cl)cc1.Cl. The second-order valence-electron chi connectivity index (χ2n) is 6.51. The van der Waals surface area contributed by atoms with Gasteiger partial charge in [0.25, 0.3) is 5.91 Å². The summed E-state index contributed by atoms with van der Waals surface area (Å²) in [7, 11) is 1.80. The van der Waals surface area contributed by atoms with Gasteiger partial charge in [0.1, 0.15) is 6.10 Å². The number of hydrogen-bond acceptors (Lipinski definition) is 3. The maximum Gasteiger partial charge on any atom is 0.252 e. The Labute approximate surface area is 176 Å². The average Bonchev–Trinajstić information content (AvgIpc) is 3.13. The quantitative estimate of drug-likeness (QED) is 0.763. The first-order valence-electron chi connectivity index (χ1n) is 8.62. The van der Waals surface area contributed by atoms with E-state index in [2.05, 4.69) is 0 Å². The summed E-state index contributed by atoms with van der Waals surface area (Å²) in [4.78, 5) is 14.8. The van der Waals surface area contributed by atoms with Gasteiger partial charge in [0.15, 0.2) is 0 Å². The molecule has 27 heavy (non-hydrogen) atoms. The lowest BCUT2D eigenvalue weighted by atomic mass is 9.97. The minimum atomic E-state index is -0.448. The normalized spacial score (nSPS) is 19.0. The second-order valence-corrected chi connectivity index (χ2v) is 7.39. The molecule has 1 heterocycles. The first-order valence-corrected chi connectivity index (χ1v) is 9.38. The van der Waals surface area contributed by atoms with E-state index in [1.165, 1.54) is 0 Å². The highest BCUT2D eigenvalue weighted by Crippen LogP contribution is 2.31. The van der Waals surface area contributed by atoms with Gasteiger partial charge in [-0.2, -0.15) is 0 Å². The maximum atomic E-state index is 13.0. The summed E-state index contributed by atoms with van der Waals surface area (Å²) in [5.41, 5.74) is 7.61. The van der Waals surface area contributed by atoms with E-state index in [1.54, 1.807) is 11.9 Å². The molecular formula is C20H23Cl3N2O2. The largest absolute Gasteiger partial charge is 0.364 e. The molecule has 4 nitrogen and oxygen atoms in total. The van der Waals surface area contributed by atoms with Crippen LogP contribution < -0.4 is 5.73 Å². The highest BCUT2D eigenvalue weighted by molar-refractivity contribution is 6.30. The van der Waals surface area contributed by atoms with E-state index in [0.717, 1.165) is 17.5 Å². The number of rotatable bonds is 5. The molecule has 0 bridgehead atoms. The third-order valence-electron chi connectivity index (χ3n) is 4.75. The molecule has 3 rings (SSSR count).